The van der Waals surface area contributed by atoms with Crippen LogP contribution in [0.3, 0.4) is 0 Å². The number of carboxylic acid groups (broad SMARTS) is 1. The van der Waals surface area contributed by atoms with E-state index in [1.54, 1.807) is 6.92 Å². The lowest BCUT2D eigenvalue weighted by atomic mass is 10.2. The van der Waals surface area contributed by atoms with Crippen molar-refractivity contribution in [3.8, 4) is 0 Å². The van der Waals surface area contributed by atoms with E-state index >= 15 is 0 Å². The van der Waals surface area contributed by atoms with Crippen molar-refractivity contribution in [3.05, 3.63) is 29.6 Å². The topological polar surface area (TPSA) is 74.7 Å². The first-order chi connectivity index (χ1) is 9.20. The van der Waals surface area contributed by atoms with Gasteiger partial charge in [-0.05, 0) is 24.6 Å². The van der Waals surface area contributed by atoms with Gasteiger partial charge in [-0.25, -0.2) is 12.8 Å². The molecule has 0 aliphatic carbocycles. The largest absolute Gasteiger partial charge is 0.481 e. The average Bonchev–Trinajstić information content (AvgIpc) is 2.38. The fraction of sp³-hybridized carbons (Fsp3) is 0.462. The lowest BCUT2D eigenvalue weighted by Gasteiger charge is -2.22. The minimum Gasteiger partial charge on any atom is -0.481 e. The molecule has 1 aromatic rings. The average molecular weight is 303 g/mol. The number of benzene rings is 1. The molecule has 20 heavy (non-hydrogen) atoms. The smallest absolute Gasteiger partial charge is 0.307 e. The molecule has 0 spiro atoms. The highest BCUT2D eigenvalue weighted by Gasteiger charge is 2.27. The van der Waals surface area contributed by atoms with Crippen LogP contribution in [0.2, 0.25) is 0 Å². The Morgan fingerprint density at radius 1 is 1.45 bits per heavy atom. The summed E-state index contributed by atoms with van der Waals surface area (Å²) < 4.78 is 39.2. The summed E-state index contributed by atoms with van der Waals surface area (Å²) in [6.45, 7) is 4.54. The van der Waals surface area contributed by atoms with Crippen LogP contribution in [0.15, 0.2) is 23.1 Å². The summed E-state index contributed by atoms with van der Waals surface area (Å²) in [7, 11) is -3.89. The normalized spacial score (nSPS) is 13.4. The summed E-state index contributed by atoms with van der Waals surface area (Å²) in [5, 5.41) is 8.86. The number of aryl methyl sites for hydroxylation is 1. The van der Waals surface area contributed by atoms with Crippen LogP contribution < -0.4 is 0 Å². The predicted octanol–water partition coefficient (Wildman–Crippen LogP) is 1.87. The molecule has 7 heteroatoms. The molecule has 0 radical (unpaired) electrons. The van der Waals surface area contributed by atoms with Gasteiger partial charge in [0.25, 0.3) is 0 Å². The molecule has 0 aliphatic rings. The summed E-state index contributed by atoms with van der Waals surface area (Å²) in [6, 6.07) is 3.66. The molecule has 0 saturated heterocycles. The molecule has 1 rings (SSSR count). The molecule has 0 fully saturated rings. The van der Waals surface area contributed by atoms with Crippen molar-refractivity contribution in [3.63, 3.8) is 0 Å². The van der Waals surface area contributed by atoms with E-state index in [-0.39, 0.29) is 18.0 Å². The van der Waals surface area contributed by atoms with Crippen LogP contribution in [0.5, 0.6) is 0 Å². The van der Waals surface area contributed by atoms with Crippen LogP contribution in [0.25, 0.3) is 0 Å². The fourth-order valence-corrected chi connectivity index (χ4v) is 3.21. The van der Waals surface area contributed by atoms with Crippen molar-refractivity contribution in [2.45, 2.75) is 25.7 Å². The van der Waals surface area contributed by atoms with Gasteiger partial charge in [-0.2, -0.15) is 4.31 Å². The van der Waals surface area contributed by atoms with E-state index in [9.17, 15) is 17.6 Å². The first-order valence-corrected chi connectivity index (χ1v) is 7.63. The van der Waals surface area contributed by atoms with Gasteiger partial charge in [0.1, 0.15) is 5.82 Å². The summed E-state index contributed by atoms with van der Waals surface area (Å²) in [5.74, 6) is -2.51. The molecule has 1 aromatic carbocycles. The molecule has 5 nitrogen and oxygen atoms in total. The summed E-state index contributed by atoms with van der Waals surface area (Å²) in [6.07, 6.45) is 0. The van der Waals surface area contributed by atoms with Crippen LogP contribution in [-0.2, 0) is 14.8 Å². The highest BCUT2D eigenvalue weighted by atomic mass is 32.2. The highest BCUT2D eigenvalue weighted by Crippen LogP contribution is 2.19. The van der Waals surface area contributed by atoms with Gasteiger partial charge in [0.2, 0.25) is 10.0 Å². The lowest BCUT2D eigenvalue weighted by Crippen LogP contribution is -2.36. The van der Waals surface area contributed by atoms with Gasteiger partial charge >= 0.3 is 5.97 Å². The summed E-state index contributed by atoms with van der Waals surface area (Å²) in [4.78, 5) is 10.7. The summed E-state index contributed by atoms with van der Waals surface area (Å²) >= 11 is 0. The van der Waals surface area contributed by atoms with Crippen molar-refractivity contribution < 1.29 is 22.7 Å². The molecule has 112 valence electrons. The number of carboxylic acids is 1. The van der Waals surface area contributed by atoms with E-state index in [4.69, 9.17) is 5.11 Å². The van der Waals surface area contributed by atoms with E-state index in [1.807, 2.05) is 0 Å². The van der Waals surface area contributed by atoms with Gasteiger partial charge < -0.3 is 5.11 Å². The Kier molecular flexibility index (Phi) is 5.24. The standard InChI is InChI=1S/C13H18FNO4S/c1-4-15(8-10(3)13(16)17)20(18,19)11-6-5-9(2)12(14)7-11/h5-7,10H,4,8H2,1-3H3,(H,16,17). The van der Waals surface area contributed by atoms with E-state index in [0.29, 0.717) is 5.56 Å². The molecule has 1 unspecified atom stereocenters. The molecule has 1 N–H and O–H groups in total. The van der Waals surface area contributed by atoms with Crippen molar-refractivity contribution in [1.29, 1.82) is 0 Å². The minimum atomic E-state index is -3.89. The van der Waals surface area contributed by atoms with Crippen molar-refractivity contribution >= 4 is 16.0 Å². The Labute approximate surface area is 118 Å². The van der Waals surface area contributed by atoms with E-state index in [1.165, 1.54) is 26.0 Å². The van der Waals surface area contributed by atoms with E-state index < -0.39 is 27.7 Å². The monoisotopic (exact) mass is 303 g/mol. The molecule has 0 amide bonds. The number of sulfonamides is 1. The Morgan fingerprint density at radius 3 is 2.50 bits per heavy atom. The zero-order chi connectivity index (χ0) is 15.5. The fourth-order valence-electron chi connectivity index (χ4n) is 1.66. The van der Waals surface area contributed by atoms with E-state index in [2.05, 4.69) is 0 Å². The molecule has 0 heterocycles. The predicted molar refractivity (Wildman–Crippen MR) is 72.4 cm³/mol. The molecule has 0 saturated carbocycles. The first-order valence-electron chi connectivity index (χ1n) is 6.19. The minimum absolute atomic E-state index is 0.120. The van der Waals surface area contributed by atoms with Gasteiger partial charge in [0.05, 0.1) is 10.8 Å². The molecular weight excluding hydrogens is 285 g/mol. The zero-order valence-corrected chi connectivity index (χ0v) is 12.4. The number of aliphatic carboxylic acids is 1. The van der Waals surface area contributed by atoms with E-state index in [0.717, 1.165) is 10.4 Å². The molecule has 0 bridgehead atoms. The Morgan fingerprint density at radius 2 is 2.05 bits per heavy atom. The summed E-state index contributed by atoms with van der Waals surface area (Å²) in [5.41, 5.74) is 0.353. The molecular formula is C13H18FNO4S. The van der Waals surface area contributed by atoms with Crippen molar-refractivity contribution in [2.75, 3.05) is 13.1 Å². The highest BCUT2D eigenvalue weighted by molar-refractivity contribution is 7.89. The molecule has 0 aliphatic heterocycles. The number of hydrogen-bond acceptors (Lipinski definition) is 3. The second-order valence-corrected chi connectivity index (χ2v) is 6.54. The van der Waals surface area contributed by atoms with Crippen LogP contribution in [0.4, 0.5) is 4.39 Å². The second-order valence-electron chi connectivity index (χ2n) is 4.61. The van der Waals surface area contributed by atoms with Gasteiger partial charge in [0.15, 0.2) is 0 Å². The van der Waals surface area contributed by atoms with Gasteiger partial charge in [0, 0.05) is 13.1 Å². The first kappa shape index (κ1) is 16.6. The van der Waals surface area contributed by atoms with Gasteiger partial charge in [-0.3, -0.25) is 4.79 Å². The number of hydrogen-bond donors (Lipinski definition) is 1. The third-order valence-electron chi connectivity index (χ3n) is 3.03. The van der Waals surface area contributed by atoms with Gasteiger partial charge in [-0.15, -0.1) is 0 Å². The third-order valence-corrected chi connectivity index (χ3v) is 4.97. The second kappa shape index (κ2) is 6.32. The SMILES string of the molecule is CCN(CC(C)C(=O)O)S(=O)(=O)c1ccc(C)c(F)c1. The lowest BCUT2D eigenvalue weighted by molar-refractivity contribution is -0.141. The Hall–Kier alpha value is -1.47. The van der Waals surface area contributed by atoms with Crippen molar-refractivity contribution in [1.82, 2.24) is 4.31 Å². The van der Waals surface area contributed by atoms with Crippen LogP contribution in [-0.4, -0.2) is 36.9 Å². The molecule has 1 atom stereocenters. The van der Waals surface area contributed by atoms with Crippen LogP contribution in [0, 0.1) is 18.7 Å². The van der Waals surface area contributed by atoms with Crippen LogP contribution in [0.1, 0.15) is 19.4 Å². The maximum absolute atomic E-state index is 13.5. The number of nitrogens with zero attached hydrogens (tertiary/aromatic N) is 1. The zero-order valence-electron chi connectivity index (χ0n) is 11.6. The maximum atomic E-state index is 13.5. The number of carbonyl (C=O) groups is 1. The number of rotatable bonds is 6. The number of halogens is 1. The van der Waals surface area contributed by atoms with Crippen LogP contribution >= 0.6 is 0 Å². The van der Waals surface area contributed by atoms with Crippen molar-refractivity contribution in [2.24, 2.45) is 5.92 Å². The quantitative estimate of drug-likeness (QED) is 0.870. The Bertz CT molecular complexity index is 600. The molecule has 0 aromatic heterocycles. The third kappa shape index (κ3) is 3.55. The Balaban J connectivity index is 3.11. The van der Waals surface area contributed by atoms with Gasteiger partial charge in [-0.1, -0.05) is 19.9 Å². The maximum Gasteiger partial charge on any atom is 0.307 e.